The number of aromatic amines is 1. The summed E-state index contributed by atoms with van der Waals surface area (Å²) in [6.45, 7) is 0.327. The number of nitrogens with zero attached hydrogens (tertiary/aromatic N) is 4. The number of methoxy groups -OCH3 is 1. The maximum absolute atomic E-state index is 5.84. The predicted molar refractivity (Wildman–Crippen MR) is 105 cm³/mol. The molecule has 7 nitrogen and oxygen atoms in total. The summed E-state index contributed by atoms with van der Waals surface area (Å²) in [5.74, 6) is 2.04. The Morgan fingerprint density at radius 2 is 1.93 bits per heavy atom. The molecule has 0 spiro atoms. The highest BCUT2D eigenvalue weighted by atomic mass is 35.5. The second-order valence-electron chi connectivity index (χ2n) is 5.86. The number of pyridine rings is 1. The summed E-state index contributed by atoms with van der Waals surface area (Å²) in [5.41, 5.74) is 3.29. The third-order valence-electron chi connectivity index (χ3n) is 4.04. The van der Waals surface area contributed by atoms with E-state index in [2.05, 4.69) is 24.9 Å². The van der Waals surface area contributed by atoms with Crippen LogP contribution in [0, 0.1) is 0 Å². The molecule has 0 aliphatic carbocycles. The molecule has 28 heavy (non-hydrogen) atoms. The van der Waals surface area contributed by atoms with Gasteiger partial charge < -0.3 is 14.5 Å². The van der Waals surface area contributed by atoms with E-state index in [0.29, 0.717) is 29.1 Å². The maximum Gasteiger partial charge on any atom is 0.139 e. The normalized spacial score (nSPS) is 10.6. The molecule has 0 bridgehead atoms. The minimum atomic E-state index is 0.327. The van der Waals surface area contributed by atoms with E-state index in [0.717, 1.165) is 22.5 Å². The first kappa shape index (κ1) is 17.9. The zero-order chi connectivity index (χ0) is 19.3. The van der Waals surface area contributed by atoms with Gasteiger partial charge in [0.1, 0.15) is 29.1 Å². The van der Waals surface area contributed by atoms with Gasteiger partial charge in [0, 0.05) is 35.8 Å². The molecule has 1 aromatic carbocycles. The molecule has 8 heteroatoms. The van der Waals surface area contributed by atoms with Gasteiger partial charge in [-0.25, -0.2) is 9.97 Å². The highest BCUT2D eigenvalue weighted by Crippen LogP contribution is 2.33. The highest BCUT2D eigenvalue weighted by molar-refractivity contribution is 6.29. The standard InChI is InChI=1S/C20H16ClN5O2/c1-27-18-8-15(28-12-14-10-22-6-7-23-14)3-4-16(18)17-11-25-20(26-17)13-2-5-19(21)24-9-13/h2-11H,12H2,1H3,(H,25,26). The Kier molecular flexibility index (Phi) is 5.16. The van der Waals surface area contributed by atoms with Gasteiger partial charge in [0.25, 0.3) is 0 Å². The van der Waals surface area contributed by atoms with Crippen molar-refractivity contribution in [1.29, 1.82) is 0 Å². The molecule has 0 aliphatic heterocycles. The van der Waals surface area contributed by atoms with Crippen molar-refractivity contribution in [3.8, 4) is 34.1 Å². The summed E-state index contributed by atoms with van der Waals surface area (Å²) < 4.78 is 11.3. The number of rotatable bonds is 6. The van der Waals surface area contributed by atoms with Gasteiger partial charge in [-0.05, 0) is 24.3 Å². The van der Waals surface area contributed by atoms with Crippen molar-refractivity contribution in [2.24, 2.45) is 0 Å². The lowest BCUT2D eigenvalue weighted by molar-refractivity contribution is 0.298. The van der Waals surface area contributed by atoms with Crippen molar-refractivity contribution in [1.82, 2.24) is 24.9 Å². The van der Waals surface area contributed by atoms with Crippen LogP contribution in [-0.2, 0) is 6.61 Å². The van der Waals surface area contributed by atoms with Gasteiger partial charge in [-0.2, -0.15) is 0 Å². The zero-order valence-corrected chi connectivity index (χ0v) is 15.7. The molecule has 0 fully saturated rings. The zero-order valence-electron chi connectivity index (χ0n) is 15.0. The molecule has 1 N–H and O–H groups in total. The first-order valence-corrected chi connectivity index (χ1v) is 8.84. The lowest BCUT2D eigenvalue weighted by Crippen LogP contribution is -1.99. The molecule has 0 atom stereocenters. The number of ether oxygens (including phenoxy) is 2. The van der Waals surface area contributed by atoms with Crippen molar-refractivity contribution < 1.29 is 9.47 Å². The first-order valence-electron chi connectivity index (χ1n) is 8.46. The van der Waals surface area contributed by atoms with Crippen LogP contribution in [0.3, 0.4) is 0 Å². The van der Waals surface area contributed by atoms with Crippen LogP contribution in [0.25, 0.3) is 22.6 Å². The molecule has 140 valence electrons. The number of halogens is 1. The fourth-order valence-electron chi connectivity index (χ4n) is 2.67. The van der Waals surface area contributed by atoms with Crippen molar-refractivity contribution in [2.45, 2.75) is 6.61 Å². The molecule has 4 aromatic rings. The number of aromatic nitrogens is 5. The van der Waals surface area contributed by atoms with Crippen LogP contribution in [-0.4, -0.2) is 32.0 Å². The molecule has 0 unspecified atom stereocenters. The van der Waals surface area contributed by atoms with Crippen LogP contribution in [0.2, 0.25) is 5.15 Å². The number of H-pyrrole nitrogens is 1. The van der Waals surface area contributed by atoms with Crippen LogP contribution in [0.1, 0.15) is 5.69 Å². The summed E-state index contributed by atoms with van der Waals surface area (Å²) in [6, 6.07) is 9.21. The average molecular weight is 394 g/mol. The second-order valence-corrected chi connectivity index (χ2v) is 6.25. The molecule has 0 saturated carbocycles. The molecule has 0 saturated heterocycles. The minimum absolute atomic E-state index is 0.327. The van der Waals surface area contributed by atoms with Gasteiger partial charge >= 0.3 is 0 Å². The third-order valence-corrected chi connectivity index (χ3v) is 4.27. The molecular weight excluding hydrogens is 378 g/mol. The Labute approximate surface area is 166 Å². The lowest BCUT2D eigenvalue weighted by atomic mass is 10.1. The van der Waals surface area contributed by atoms with E-state index < -0.39 is 0 Å². The van der Waals surface area contributed by atoms with Crippen molar-refractivity contribution >= 4 is 11.6 Å². The average Bonchev–Trinajstić information content (AvgIpc) is 3.23. The van der Waals surface area contributed by atoms with Gasteiger partial charge in [-0.3, -0.25) is 9.97 Å². The SMILES string of the molecule is COc1cc(OCc2cnccn2)ccc1-c1cnc(-c2ccc(Cl)nc2)[nH]1. The monoisotopic (exact) mass is 393 g/mol. The van der Waals surface area contributed by atoms with E-state index in [-0.39, 0.29) is 0 Å². The molecule has 0 radical (unpaired) electrons. The summed E-state index contributed by atoms with van der Waals surface area (Å²) in [6.07, 6.45) is 8.35. The van der Waals surface area contributed by atoms with Gasteiger partial charge in [0.15, 0.2) is 0 Å². The Balaban J connectivity index is 1.55. The number of imidazole rings is 1. The van der Waals surface area contributed by atoms with Crippen LogP contribution >= 0.6 is 11.6 Å². The van der Waals surface area contributed by atoms with E-state index >= 15 is 0 Å². The maximum atomic E-state index is 5.84. The highest BCUT2D eigenvalue weighted by Gasteiger charge is 2.12. The van der Waals surface area contributed by atoms with Gasteiger partial charge in [0.05, 0.1) is 30.9 Å². The minimum Gasteiger partial charge on any atom is -0.496 e. The quantitative estimate of drug-likeness (QED) is 0.495. The topological polar surface area (TPSA) is 85.8 Å². The van der Waals surface area contributed by atoms with Gasteiger partial charge in [0.2, 0.25) is 0 Å². The van der Waals surface area contributed by atoms with E-state index in [9.17, 15) is 0 Å². The number of nitrogens with one attached hydrogen (secondary N) is 1. The molecule has 3 aromatic heterocycles. The Hall–Kier alpha value is -3.45. The van der Waals surface area contributed by atoms with Crippen molar-refractivity contribution in [3.63, 3.8) is 0 Å². The van der Waals surface area contributed by atoms with E-state index in [4.69, 9.17) is 21.1 Å². The van der Waals surface area contributed by atoms with Crippen LogP contribution in [0.15, 0.2) is 61.3 Å². The fourth-order valence-corrected chi connectivity index (χ4v) is 2.78. The van der Waals surface area contributed by atoms with Crippen molar-refractivity contribution in [3.05, 3.63) is 72.2 Å². The lowest BCUT2D eigenvalue weighted by Gasteiger charge is -2.10. The second kappa shape index (κ2) is 8.06. The molecule has 3 heterocycles. The molecule has 0 aliphatic rings. The Bertz CT molecular complexity index is 1070. The number of benzene rings is 1. The van der Waals surface area contributed by atoms with Gasteiger partial charge in [-0.15, -0.1) is 0 Å². The fraction of sp³-hybridized carbons (Fsp3) is 0.100. The van der Waals surface area contributed by atoms with Crippen LogP contribution in [0.4, 0.5) is 0 Å². The van der Waals surface area contributed by atoms with Crippen LogP contribution in [0.5, 0.6) is 11.5 Å². The van der Waals surface area contributed by atoms with Crippen molar-refractivity contribution in [2.75, 3.05) is 7.11 Å². The molecular formula is C20H16ClN5O2. The third kappa shape index (κ3) is 3.94. The Morgan fingerprint density at radius 1 is 1.00 bits per heavy atom. The predicted octanol–water partition coefficient (Wildman–Crippen LogP) is 4.17. The largest absolute Gasteiger partial charge is 0.496 e. The van der Waals surface area contributed by atoms with E-state index in [1.807, 2.05) is 24.3 Å². The summed E-state index contributed by atoms with van der Waals surface area (Å²) in [7, 11) is 1.62. The summed E-state index contributed by atoms with van der Waals surface area (Å²) in [4.78, 5) is 20.0. The van der Waals surface area contributed by atoms with E-state index in [1.165, 1.54) is 0 Å². The molecule has 0 amide bonds. The molecule has 4 rings (SSSR count). The number of hydrogen-bond donors (Lipinski definition) is 1. The summed E-state index contributed by atoms with van der Waals surface area (Å²) >= 11 is 5.84. The van der Waals surface area contributed by atoms with Crippen LogP contribution < -0.4 is 9.47 Å². The van der Waals surface area contributed by atoms with E-state index in [1.54, 1.807) is 44.2 Å². The first-order chi connectivity index (χ1) is 13.7. The van der Waals surface area contributed by atoms with Gasteiger partial charge in [-0.1, -0.05) is 11.6 Å². The number of hydrogen-bond acceptors (Lipinski definition) is 6. The summed E-state index contributed by atoms with van der Waals surface area (Å²) in [5, 5.41) is 0.439. The Morgan fingerprint density at radius 3 is 2.68 bits per heavy atom. The smallest absolute Gasteiger partial charge is 0.139 e.